The maximum absolute atomic E-state index is 14.2. The van der Waals surface area contributed by atoms with E-state index in [1.54, 1.807) is 6.07 Å². The summed E-state index contributed by atoms with van der Waals surface area (Å²) < 4.78 is 20.1. The second-order valence-electron chi connectivity index (χ2n) is 4.38. The number of hydrogen-bond acceptors (Lipinski definition) is 3. The average molecular weight is 368 g/mol. The van der Waals surface area contributed by atoms with Crippen molar-refractivity contribution in [2.24, 2.45) is 0 Å². The van der Waals surface area contributed by atoms with Crippen LogP contribution in [0.5, 0.6) is 0 Å². The average Bonchev–Trinajstić information content (AvgIpc) is 2.81. The van der Waals surface area contributed by atoms with Crippen LogP contribution in [0, 0.1) is 5.82 Å². The van der Waals surface area contributed by atoms with E-state index in [-0.39, 0.29) is 16.5 Å². The first kappa shape index (κ1) is 14.1. The van der Waals surface area contributed by atoms with E-state index in [9.17, 15) is 4.39 Å². The highest BCUT2D eigenvalue weighted by molar-refractivity contribution is 9.10. The number of nitrogens with two attached hydrogens (primary N) is 1. The first-order valence-electron chi connectivity index (χ1n) is 6.03. The molecule has 0 unspecified atom stereocenters. The Morgan fingerprint density at radius 1 is 1.14 bits per heavy atom. The summed E-state index contributed by atoms with van der Waals surface area (Å²) in [6, 6.07) is 11.8. The van der Waals surface area contributed by atoms with Crippen molar-refractivity contribution < 1.29 is 8.91 Å². The van der Waals surface area contributed by atoms with Crippen molar-refractivity contribution >= 4 is 33.4 Å². The van der Waals surface area contributed by atoms with Gasteiger partial charge in [-0.1, -0.05) is 50.9 Å². The van der Waals surface area contributed by atoms with Gasteiger partial charge in [0, 0.05) is 15.6 Å². The third kappa shape index (κ3) is 2.54. The van der Waals surface area contributed by atoms with E-state index >= 15 is 0 Å². The van der Waals surface area contributed by atoms with E-state index in [1.165, 1.54) is 12.1 Å². The van der Waals surface area contributed by atoms with Gasteiger partial charge in [-0.15, -0.1) is 0 Å². The Labute approximate surface area is 133 Å². The molecular formula is C15H9BrClFN2O. The molecule has 0 bridgehead atoms. The van der Waals surface area contributed by atoms with Crippen LogP contribution >= 0.6 is 27.5 Å². The molecule has 0 atom stereocenters. The number of rotatable bonds is 2. The fourth-order valence-electron chi connectivity index (χ4n) is 2.11. The minimum Gasteiger partial charge on any atom is -0.367 e. The number of hydrogen-bond donors (Lipinski definition) is 1. The van der Waals surface area contributed by atoms with Crippen molar-refractivity contribution in [2.75, 3.05) is 5.73 Å². The monoisotopic (exact) mass is 366 g/mol. The second kappa shape index (κ2) is 5.50. The van der Waals surface area contributed by atoms with Crippen LogP contribution in [0.3, 0.4) is 0 Å². The van der Waals surface area contributed by atoms with Crippen molar-refractivity contribution in [3.63, 3.8) is 0 Å². The lowest BCUT2D eigenvalue weighted by Crippen LogP contribution is -1.92. The Morgan fingerprint density at radius 2 is 1.90 bits per heavy atom. The quantitative estimate of drug-likeness (QED) is 0.682. The van der Waals surface area contributed by atoms with E-state index in [1.807, 2.05) is 24.3 Å². The molecule has 3 aromatic rings. The van der Waals surface area contributed by atoms with Gasteiger partial charge in [-0.3, -0.25) is 0 Å². The van der Waals surface area contributed by atoms with Gasteiger partial charge in [0.15, 0.2) is 0 Å². The molecule has 6 heteroatoms. The van der Waals surface area contributed by atoms with Crippen molar-refractivity contribution in [1.29, 1.82) is 0 Å². The van der Waals surface area contributed by atoms with E-state index in [2.05, 4.69) is 21.1 Å². The van der Waals surface area contributed by atoms with Gasteiger partial charge in [0.05, 0.1) is 10.6 Å². The smallest absolute Gasteiger partial charge is 0.230 e. The number of anilines is 1. The zero-order valence-electron chi connectivity index (χ0n) is 10.6. The largest absolute Gasteiger partial charge is 0.367 e. The molecule has 0 saturated carbocycles. The van der Waals surface area contributed by atoms with Crippen LogP contribution in [0.4, 0.5) is 10.3 Å². The van der Waals surface area contributed by atoms with Gasteiger partial charge in [0.2, 0.25) is 5.88 Å². The van der Waals surface area contributed by atoms with Crippen molar-refractivity contribution in [3.05, 3.63) is 57.8 Å². The molecule has 0 aliphatic rings. The molecule has 1 heterocycles. The standard InChI is InChI=1S/C15H9BrClFN2O/c16-9-4-1-3-8(7-9)14-13(15(19)21-20-14)12-10(17)5-2-6-11(12)18/h1-7H,19H2. The van der Waals surface area contributed by atoms with Gasteiger partial charge in [-0.05, 0) is 24.3 Å². The fourth-order valence-corrected chi connectivity index (χ4v) is 2.77. The summed E-state index contributed by atoms with van der Waals surface area (Å²) in [4.78, 5) is 0. The molecule has 2 aromatic carbocycles. The summed E-state index contributed by atoms with van der Waals surface area (Å²) in [5.41, 5.74) is 7.56. The van der Waals surface area contributed by atoms with Crippen LogP contribution < -0.4 is 5.73 Å². The molecule has 0 amide bonds. The van der Waals surface area contributed by atoms with Gasteiger partial charge < -0.3 is 10.3 Å². The third-order valence-electron chi connectivity index (χ3n) is 3.03. The maximum atomic E-state index is 14.2. The first-order valence-corrected chi connectivity index (χ1v) is 7.20. The lowest BCUT2D eigenvalue weighted by atomic mass is 10.0. The van der Waals surface area contributed by atoms with E-state index in [0.29, 0.717) is 11.3 Å². The van der Waals surface area contributed by atoms with E-state index in [4.69, 9.17) is 21.9 Å². The minimum atomic E-state index is -0.478. The zero-order chi connectivity index (χ0) is 15.0. The van der Waals surface area contributed by atoms with Crippen LogP contribution in [0.1, 0.15) is 0 Å². The van der Waals surface area contributed by atoms with Crippen molar-refractivity contribution in [2.45, 2.75) is 0 Å². The molecule has 0 fully saturated rings. The highest BCUT2D eigenvalue weighted by atomic mass is 79.9. The molecule has 106 valence electrons. The summed E-state index contributed by atoms with van der Waals surface area (Å²) in [6.45, 7) is 0. The van der Waals surface area contributed by atoms with Gasteiger partial charge in [0.25, 0.3) is 0 Å². The number of aromatic nitrogens is 1. The normalized spacial score (nSPS) is 10.8. The number of benzene rings is 2. The Hall–Kier alpha value is -1.85. The van der Waals surface area contributed by atoms with Gasteiger partial charge >= 0.3 is 0 Å². The highest BCUT2D eigenvalue weighted by Crippen LogP contribution is 2.41. The molecule has 0 spiro atoms. The first-order chi connectivity index (χ1) is 10.1. The molecule has 0 aliphatic heterocycles. The van der Waals surface area contributed by atoms with Crippen LogP contribution in [0.2, 0.25) is 5.02 Å². The van der Waals surface area contributed by atoms with E-state index < -0.39 is 5.82 Å². The SMILES string of the molecule is Nc1onc(-c2cccc(Br)c2)c1-c1c(F)cccc1Cl. The number of nitrogen functional groups attached to an aromatic ring is 1. The van der Waals surface area contributed by atoms with Gasteiger partial charge in [-0.2, -0.15) is 0 Å². The predicted molar refractivity (Wildman–Crippen MR) is 84.5 cm³/mol. The van der Waals surface area contributed by atoms with Gasteiger partial charge in [0.1, 0.15) is 11.5 Å². The van der Waals surface area contributed by atoms with Crippen LogP contribution in [-0.2, 0) is 0 Å². The molecule has 21 heavy (non-hydrogen) atoms. The minimum absolute atomic E-state index is 0.0250. The topological polar surface area (TPSA) is 52.0 Å². The van der Waals surface area contributed by atoms with E-state index in [0.717, 1.165) is 10.0 Å². The lowest BCUT2D eigenvalue weighted by molar-refractivity contribution is 0.439. The molecule has 0 aliphatic carbocycles. The number of halogens is 3. The molecule has 2 N–H and O–H groups in total. The molecule has 3 rings (SSSR count). The Kier molecular flexibility index (Phi) is 3.69. The Bertz CT molecular complexity index is 799. The Morgan fingerprint density at radius 3 is 2.62 bits per heavy atom. The zero-order valence-corrected chi connectivity index (χ0v) is 13.0. The molecule has 0 radical (unpaired) electrons. The summed E-state index contributed by atoms with van der Waals surface area (Å²) in [7, 11) is 0. The van der Waals surface area contributed by atoms with Crippen molar-refractivity contribution in [1.82, 2.24) is 5.16 Å². The summed E-state index contributed by atoms with van der Waals surface area (Å²) in [5, 5.41) is 4.19. The van der Waals surface area contributed by atoms with Gasteiger partial charge in [-0.25, -0.2) is 4.39 Å². The third-order valence-corrected chi connectivity index (χ3v) is 3.84. The summed E-state index contributed by atoms with van der Waals surface area (Å²) >= 11 is 9.50. The maximum Gasteiger partial charge on any atom is 0.230 e. The molecule has 1 aromatic heterocycles. The van der Waals surface area contributed by atoms with Crippen LogP contribution in [0.25, 0.3) is 22.4 Å². The predicted octanol–water partition coefficient (Wildman–Crippen LogP) is 5.15. The molecular weight excluding hydrogens is 359 g/mol. The van der Waals surface area contributed by atoms with Crippen molar-refractivity contribution in [3.8, 4) is 22.4 Å². The molecule has 3 nitrogen and oxygen atoms in total. The Balaban J connectivity index is 2.28. The number of nitrogens with zero attached hydrogens (tertiary/aromatic N) is 1. The van der Waals surface area contributed by atoms with Crippen LogP contribution in [-0.4, -0.2) is 5.16 Å². The summed E-state index contributed by atoms with van der Waals surface area (Å²) in [6.07, 6.45) is 0. The lowest BCUT2D eigenvalue weighted by Gasteiger charge is -2.06. The highest BCUT2D eigenvalue weighted by Gasteiger charge is 2.22. The molecule has 0 saturated heterocycles. The summed E-state index contributed by atoms with van der Waals surface area (Å²) in [5.74, 6) is -0.453. The van der Waals surface area contributed by atoms with Crippen LogP contribution in [0.15, 0.2) is 51.5 Å². The fraction of sp³-hybridized carbons (Fsp3) is 0. The second-order valence-corrected chi connectivity index (χ2v) is 5.70.